The Balaban J connectivity index is 0.827. The maximum absolute atomic E-state index is 14.6. The molecule has 5 heterocycles. The predicted molar refractivity (Wildman–Crippen MR) is 361 cm³/mol. The third-order valence-electron chi connectivity index (χ3n) is 16.6. The van der Waals surface area contributed by atoms with Gasteiger partial charge >= 0.3 is 17.9 Å². The van der Waals surface area contributed by atoms with Gasteiger partial charge in [0, 0.05) is 96.3 Å². The van der Waals surface area contributed by atoms with Crippen LogP contribution >= 0.6 is 0 Å². The summed E-state index contributed by atoms with van der Waals surface area (Å²) in [5, 5.41) is 5.91. The first-order valence-electron chi connectivity index (χ1n) is 31.8. The summed E-state index contributed by atoms with van der Waals surface area (Å²) in [6.45, 7) is 18.9. The summed E-state index contributed by atoms with van der Waals surface area (Å²) in [7, 11) is 5.67. The number of benzene rings is 2. The van der Waals surface area contributed by atoms with E-state index in [-0.39, 0.29) is 97.8 Å². The van der Waals surface area contributed by atoms with Gasteiger partial charge in [-0.1, -0.05) is 56.9 Å². The Labute approximate surface area is 549 Å². The van der Waals surface area contributed by atoms with Gasteiger partial charge in [-0.25, -0.2) is 4.98 Å². The topological polar surface area (TPSA) is 275 Å². The molecule has 3 aromatic heterocycles. The lowest BCUT2D eigenvalue weighted by atomic mass is 9.84. The normalized spacial score (nSPS) is 13.7. The van der Waals surface area contributed by atoms with E-state index in [0.29, 0.717) is 111 Å². The van der Waals surface area contributed by atoms with Crippen molar-refractivity contribution >= 4 is 92.7 Å². The monoisotopic (exact) mass is 1290 g/mol. The number of esters is 3. The Kier molecular flexibility index (Phi) is 27.4. The first kappa shape index (κ1) is 72.1. The van der Waals surface area contributed by atoms with Crippen LogP contribution in [0.1, 0.15) is 151 Å². The molecule has 0 spiro atoms. The van der Waals surface area contributed by atoms with Crippen molar-refractivity contribution in [1.29, 1.82) is 0 Å². The van der Waals surface area contributed by atoms with E-state index in [1.807, 2.05) is 64.1 Å². The molecular weight excluding hydrogens is 1200 g/mol. The van der Waals surface area contributed by atoms with Gasteiger partial charge in [0.1, 0.15) is 5.75 Å². The maximum Gasteiger partial charge on any atom is 0.311 e. The molecular formula is C73H88N6O15. The highest BCUT2D eigenvalue weighted by atomic mass is 16.6. The molecule has 5 aromatic rings. The molecule has 0 radical (unpaired) electrons. The summed E-state index contributed by atoms with van der Waals surface area (Å²) < 4.78 is 43.8. The number of aryl methyl sites for hydroxylation is 4. The number of fused-ring (bicyclic) bond motifs is 8. The number of carbonyl (C=O) groups is 7. The van der Waals surface area contributed by atoms with Gasteiger partial charge in [0.25, 0.3) is 5.91 Å². The molecule has 2 aliphatic heterocycles. The van der Waals surface area contributed by atoms with Crippen LogP contribution in [0.15, 0.2) is 73.3 Å². The lowest BCUT2D eigenvalue weighted by Crippen LogP contribution is -2.27. The highest BCUT2D eigenvalue weighted by Crippen LogP contribution is 2.44. The molecule has 2 aromatic carbocycles. The molecule has 2 aliphatic rings. The number of nitrogens with zero attached hydrogens (tertiary/aromatic N) is 2. The van der Waals surface area contributed by atoms with Gasteiger partial charge in [-0.15, -0.1) is 0 Å². The highest BCUT2D eigenvalue weighted by Gasteiger charge is 2.36. The minimum atomic E-state index is -0.539. The van der Waals surface area contributed by atoms with Crippen LogP contribution in [0.5, 0.6) is 17.2 Å². The molecule has 0 aliphatic carbocycles. The summed E-state index contributed by atoms with van der Waals surface area (Å²) in [5.41, 5.74) is 13.4. The Morgan fingerprint density at radius 3 is 1.87 bits per heavy atom. The lowest BCUT2D eigenvalue weighted by Gasteiger charge is -2.18. The fraction of sp³-hybridized carbons (Fsp3) is 0.411. The largest absolute Gasteiger partial charge is 0.496 e. The van der Waals surface area contributed by atoms with Crippen molar-refractivity contribution < 1.29 is 71.5 Å². The molecule has 4 N–H and O–H groups in total. The van der Waals surface area contributed by atoms with Gasteiger partial charge in [0.05, 0.1) is 90.4 Å². The number of carbonyl (C=O) groups excluding carboxylic acids is 7. The number of aromatic nitrogens is 4. The molecule has 21 heteroatoms. The first-order chi connectivity index (χ1) is 45.3. The molecule has 0 saturated heterocycles. The summed E-state index contributed by atoms with van der Waals surface area (Å²) in [5.74, 6) is -2.16. The molecule has 500 valence electrons. The van der Waals surface area contributed by atoms with E-state index in [2.05, 4.69) is 47.1 Å². The van der Waals surface area contributed by atoms with Crippen LogP contribution in [0.3, 0.4) is 0 Å². The lowest BCUT2D eigenvalue weighted by molar-refractivity contribution is -0.141. The number of ketones is 2. The zero-order valence-corrected chi connectivity index (χ0v) is 55.7. The van der Waals surface area contributed by atoms with Gasteiger partial charge < -0.3 is 58.5 Å². The van der Waals surface area contributed by atoms with Crippen LogP contribution in [0.25, 0.3) is 51.4 Å². The Morgan fingerprint density at radius 1 is 0.617 bits per heavy atom. The second kappa shape index (κ2) is 35.7. The SMILES string of the molecule is C=Cc1c(C)c2cc3nc(c(CC(=O)OC)c4nc(cc5[nH]c(cc1[nH]2)c(C)c5CC)C(C)=C4C(=O)NCCCOCCOCCOCCCNC(=O)CCCC(=O)Oc1ccc(/C=C/C(=O)CC(=O)/C=C/c2ccc(C)c(OC)c2)cc1OC)C(CCC(=O)OC)C3C. The second-order valence-corrected chi connectivity index (χ2v) is 22.9. The average Bonchev–Trinajstić information content (AvgIpc) is 1.60. The Hall–Kier alpha value is -9.31. The van der Waals surface area contributed by atoms with Gasteiger partial charge in [0.2, 0.25) is 5.91 Å². The smallest absolute Gasteiger partial charge is 0.311 e. The van der Waals surface area contributed by atoms with E-state index in [1.165, 1.54) is 33.5 Å². The van der Waals surface area contributed by atoms with E-state index < -0.39 is 11.9 Å². The number of hydrogen-bond acceptors (Lipinski definition) is 17. The van der Waals surface area contributed by atoms with Crippen molar-refractivity contribution in [1.82, 2.24) is 30.6 Å². The zero-order valence-electron chi connectivity index (χ0n) is 55.7. The minimum absolute atomic E-state index is 0.0000555. The summed E-state index contributed by atoms with van der Waals surface area (Å²) >= 11 is 0. The Bertz CT molecular complexity index is 3870. The van der Waals surface area contributed by atoms with E-state index >= 15 is 0 Å². The average molecular weight is 1290 g/mol. The molecule has 2 unspecified atom stereocenters. The standard InChI is InChI=1S/C73H88N6O15/c1-12-53-45(4)57-41-59-47(6)55(26-28-67(83)89-10)71(78-59)56(40-69(85)90-11)72-70(48(7)60(79-72)43-62-54(13-2)46(5)58(77-62)42-61(53)76-57)73(86)75-30-16-32-92-34-36-93-35-33-91-31-15-29-74-66(82)17-14-18-68(84)94-63-27-23-50(38-65(63)88-9)22-25-52(81)39-51(80)24-21-49-20-19-44(3)64(37-49)87-8/h12,19-25,27,37-38,41-43,47,55,76-77H,1,13-18,26,28-36,39-40H2,2-11H3,(H,74,82)(H,75,86)/b24-21+,25-22+,57-41?,58-42?,59-41?,60-43?,61-42?,62-43?,71-56?,72-56?. The van der Waals surface area contributed by atoms with Crippen LogP contribution < -0.4 is 24.8 Å². The molecule has 2 atom stereocenters. The van der Waals surface area contributed by atoms with Crippen LogP contribution in [0.2, 0.25) is 0 Å². The number of rotatable bonds is 35. The van der Waals surface area contributed by atoms with Crippen molar-refractivity contribution in [3.63, 3.8) is 0 Å². The summed E-state index contributed by atoms with van der Waals surface area (Å²) in [4.78, 5) is 109. The van der Waals surface area contributed by atoms with Crippen molar-refractivity contribution in [2.45, 2.75) is 118 Å². The van der Waals surface area contributed by atoms with Crippen molar-refractivity contribution in [3.05, 3.63) is 141 Å². The summed E-state index contributed by atoms with van der Waals surface area (Å²) in [6, 6.07) is 16.4. The van der Waals surface area contributed by atoms with Crippen molar-refractivity contribution in [3.8, 4) is 17.2 Å². The zero-order chi connectivity index (χ0) is 67.8. The fourth-order valence-corrected chi connectivity index (χ4v) is 11.2. The van der Waals surface area contributed by atoms with E-state index in [1.54, 1.807) is 37.5 Å². The molecule has 94 heavy (non-hydrogen) atoms. The second-order valence-electron chi connectivity index (χ2n) is 22.9. The number of methoxy groups -OCH3 is 4. The molecule has 0 saturated carbocycles. The molecule has 2 amide bonds. The van der Waals surface area contributed by atoms with Crippen LogP contribution in [-0.4, -0.2) is 142 Å². The quantitative estimate of drug-likeness (QED) is 0.00965. The van der Waals surface area contributed by atoms with E-state index in [0.717, 1.165) is 67.6 Å². The third-order valence-corrected chi connectivity index (χ3v) is 16.6. The van der Waals surface area contributed by atoms with Crippen molar-refractivity contribution in [2.75, 3.05) is 81.2 Å². The highest BCUT2D eigenvalue weighted by molar-refractivity contribution is 6.27. The van der Waals surface area contributed by atoms with E-state index in [9.17, 15) is 33.6 Å². The third kappa shape index (κ3) is 19.6. The number of H-pyrrole nitrogens is 2. The van der Waals surface area contributed by atoms with Crippen LogP contribution in [-0.2, 0) is 70.1 Å². The number of nitrogens with one attached hydrogen (secondary N) is 4. The van der Waals surface area contributed by atoms with Crippen LogP contribution in [0.4, 0.5) is 0 Å². The first-order valence-corrected chi connectivity index (χ1v) is 31.8. The number of allylic oxidation sites excluding steroid dienone is 3. The van der Waals surface area contributed by atoms with Gasteiger partial charge in [-0.2, -0.15) is 0 Å². The molecule has 7 rings (SSSR count). The maximum atomic E-state index is 14.6. The molecule has 21 nitrogen and oxygen atoms in total. The number of amides is 2. The predicted octanol–water partition coefficient (Wildman–Crippen LogP) is 11.0. The number of aromatic amines is 2. The minimum Gasteiger partial charge on any atom is -0.496 e. The van der Waals surface area contributed by atoms with Gasteiger partial charge in [0.15, 0.2) is 23.1 Å². The molecule has 8 bridgehead atoms. The van der Waals surface area contributed by atoms with Crippen LogP contribution in [0, 0.1) is 20.8 Å². The number of hydrogen-bond donors (Lipinski definition) is 4. The fourth-order valence-electron chi connectivity index (χ4n) is 11.2. The summed E-state index contributed by atoms with van der Waals surface area (Å²) in [6.07, 6.45) is 9.83. The molecule has 0 fully saturated rings. The van der Waals surface area contributed by atoms with Gasteiger partial charge in [-0.3, -0.25) is 38.5 Å². The Morgan fingerprint density at radius 2 is 1.23 bits per heavy atom. The number of ether oxygens (including phenoxy) is 8. The van der Waals surface area contributed by atoms with E-state index in [4.69, 9.17) is 47.9 Å². The van der Waals surface area contributed by atoms with Gasteiger partial charge in [-0.05, 0) is 147 Å². The van der Waals surface area contributed by atoms with Crippen molar-refractivity contribution in [2.24, 2.45) is 0 Å².